The molecular weight excluding hydrogens is 344 g/mol. The molecule has 136 valence electrons. The molecule has 3 nitrogen and oxygen atoms in total. The van der Waals surface area contributed by atoms with Gasteiger partial charge in [0.2, 0.25) is 0 Å². The molecule has 1 heterocycles. The van der Waals surface area contributed by atoms with Crippen LogP contribution < -0.4 is 0 Å². The molecule has 0 unspecified atom stereocenters. The third-order valence-electron chi connectivity index (χ3n) is 4.38. The van der Waals surface area contributed by atoms with Crippen LogP contribution in [0.15, 0.2) is 48.8 Å². The number of nitrogens with zero attached hydrogens (tertiary/aromatic N) is 3. The first-order valence-corrected chi connectivity index (χ1v) is 8.93. The topological polar surface area (TPSA) is 49.6 Å². The molecule has 2 aromatic carbocycles. The molecule has 0 saturated carbocycles. The van der Waals surface area contributed by atoms with E-state index in [1.807, 2.05) is 6.07 Å². The second-order valence-corrected chi connectivity index (χ2v) is 6.38. The van der Waals surface area contributed by atoms with Gasteiger partial charge < -0.3 is 0 Å². The number of aromatic nitrogens is 2. The van der Waals surface area contributed by atoms with Crippen LogP contribution in [0.5, 0.6) is 0 Å². The summed E-state index contributed by atoms with van der Waals surface area (Å²) < 4.78 is 29.2. The molecule has 0 aliphatic carbocycles. The van der Waals surface area contributed by atoms with Crippen molar-refractivity contribution in [3.63, 3.8) is 0 Å². The highest BCUT2D eigenvalue weighted by Gasteiger charge is 2.15. The molecule has 5 heteroatoms. The molecule has 0 radical (unpaired) electrons. The highest BCUT2D eigenvalue weighted by atomic mass is 19.1. The number of unbranched alkanes of at least 4 members (excludes halogenated alkanes) is 2. The summed E-state index contributed by atoms with van der Waals surface area (Å²) in [5, 5.41) is 8.84. The first kappa shape index (κ1) is 18.7. The second kappa shape index (κ2) is 8.50. The maximum atomic E-state index is 14.6. The van der Waals surface area contributed by atoms with Gasteiger partial charge in [0.05, 0.1) is 17.2 Å². The van der Waals surface area contributed by atoms with Crippen LogP contribution in [0.4, 0.5) is 8.78 Å². The first-order chi connectivity index (χ1) is 13.1. The van der Waals surface area contributed by atoms with Crippen LogP contribution in [0.1, 0.15) is 37.3 Å². The number of hydrogen-bond acceptors (Lipinski definition) is 3. The molecule has 3 aromatic rings. The molecule has 0 saturated heterocycles. The molecule has 27 heavy (non-hydrogen) atoms. The van der Waals surface area contributed by atoms with Gasteiger partial charge in [0.1, 0.15) is 11.6 Å². The molecular formula is C22H19F2N3. The average Bonchev–Trinajstić information content (AvgIpc) is 2.69. The fraction of sp³-hybridized carbons (Fsp3) is 0.227. The minimum Gasteiger partial charge on any atom is -0.236 e. The van der Waals surface area contributed by atoms with Crippen molar-refractivity contribution in [1.82, 2.24) is 9.97 Å². The van der Waals surface area contributed by atoms with Crippen molar-refractivity contribution >= 4 is 0 Å². The van der Waals surface area contributed by atoms with Crippen LogP contribution in [-0.4, -0.2) is 9.97 Å². The molecule has 0 aliphatic heterocycles. The number of hydrogen-bond donors (Lipinski definition) is 0. The summed E-state index contributed by atoms with van der Waals surface area (Å²) in [6.07, 6.45) is 7.68. The Hall–Kier alpha value is -3.13. The van der Waals surface area contributed by atoms with Crippen LogP contribution in [0.3, 0.4) is 0 Å². The van der Waals surface area contributed by atoms with E-state index < -0.39 is 11.6 Å². The van der Waals surface area contributed by atoms with Gasteiger partial charge in [-0.3, -0.25) is 0 Å². The van der Waals surface area contributed by atoms with Gasteiger partial charge in [0, 0.05) is 18.0 Å². The van der Waals surface area contributed by atoms with Crippen LogP contribution in [-0.2, 0) is 6.42 Å². The Morgan fingerprint density at radius 3 is 2.11 bits per heavy atom. The summed E-state index contributed by atoms with van der Waals surface area (Å²) in [6, 6.07) is 10.6. The van der Waals surface area contributed by atoms with E-state index >= 15 is 0 Å². The summed E-state index contributed by atoms with van der Waals surface area (Å²) in [5.74, 6) is -1.09. The van der Waals surface area contributed by atoms with Crippen molar-refractivity contribution in [2.75, 3.05) is 0 Å². The number of nitriles is 1. The maximum Gasteiger partial charge on any atom is 0.159 e. The largest absolute Gasteiger partial charge is 0.236 e. The minimum absolute atomic E-state index is 0.126. The summed E-state index contributed by atoms with van der Waals surface area (Å²) in [6.45, 7) is 2.14. The fourth-order valence-corrected chi connectivity index (χ4v) is 2.90. The van der Waals surface area contributed by atoms with Crippen LogP contribution in [0, 0.1) is 23.0 Å². The Morgan fingerprint density at radius 2 is 1.56 bits per heavy atom. The molecule has 0 N–H and O–H groups in total. The van der Waals surface area contributed by atoms with E-state index in [1.165, 1.54) is 36.4 Å². The standard InChI is InChI=1S/C22H19F2N3/c1-2-3-4-5-16-13-26-22(27-14-16)18-10-19(23)21(20(24)11-18)17-8-6-15(12-25)7-9-17/h6-11,13-14H,2-5H2,1H3. The molecule has 1 aromatic heterocycles. The van der Waals surface area contributed by atoms with Gasteiger partial charge >= 0.3 is 0 Å². The molecule has 0 bridgehead atoms. The average molecular weight is 363 g/mol. The number of rotatable bonds is 6. The van der Waals surface area contributed by atoms with Crippen molar-refractivity contribution in [2.24, 2.45) is 0 Å². The summed E-state index contributed by atoms with van der Waals surface area (Å²) in [4.78, 5) is 8.51. The maximum absolute atomic E-state index is 14.6. The zero-order chi connectivity index (χ0) is 19.2. The summed E-state index contributed by atoms with van der Waals surface area (Å²) in [5.41, 5.74) is 2.00. The lowest BCUT2D eigenvalue weighted by atomic mass is 10.0. The van der Waals surface area contributed by atoms with E-state index in [4.69, 9.17) is 5.26 Å². The Bertz CT molecular complexity index is 935. The van der Waals surface area contributed by atoms with Crippen LogP contribution in [0.2, 0.25) is 0 Å². The van der Waals surface area contributed by atoms with E-state index in [9.17, 15) is 8.78 Å². The monoisotopic (exact) mass is 363 g/mol. The first-order valence-electron chi connectivity index (χ1n) is 8.93. The van der Waals surface area contributed by atoms with Gasteiger partial charge in [-0.2, -0.15) is 5.26 Å². The molecule has 0 atom stereocenters. The number of benzene rings is 2. The minimum atomic E-state index is -0.690. The van der Waals surface area contributed by atoms with E-state index in [2.05, 4.69) is 16.9 Å². The van der Waals surface area contributed by atoms with E-state index in [-0.39, 0.29) is 5.56 Å². The van der Waals surface area contributed by atoms with Crippen LogP contribution >= 0.6 is 0 Å². The quantitative estimate of drug-likeness (QED) is 0.528. The molecule has 0 aliphatic rings. The Balaban J connectivity index is 1.87. The van der Waals surface area contributed by atoms with E-state index in [0.29, 0.717) is 22.5 Å². The third-order valence-corrected chi connectivity index (χ3v) is 4.38. The third kappa shape index (κ3) is 4.35. The van der Waals surface area contributed by atoms with Gasteiger partial charge in [-0.05, 0) is 48.2 Å². The SMILES string of the molecule is CCCCCc1cnc(-c2cc(F)c(-c3ccc(C#N)cc3)c(F)c2)nc1. The van der Waals surface area contributed by atoms with Crippen molar-refractivity contribution < 1.29 is 8.78 Å². The zero-order valence-electron chi connectivity index (χ0n) is 15.0. The predicted octanol–water partition coefficient (Wildman–Crippen LogP) is 5.69. The van der Waals surface area contributed by atoms with Crippen molar-refractivity contribution in [3.05, 3.63) is 71.6 Å². The van der Waals surface area contributed by atoms with Crippen molar-refractivity contribution in [2.45, 2.75) is 32.6 Å². The van der Waals surface area contributed by atoms with Gasteiger partial charge in [0.15, 0.2) is 5.82 Å². The van der Waals surface area contributed by atoms with Gasteiger partial charge in [0.25, 0.3) is 0 Å². The Morgan fingerprint density at radius 1 is 0.926 bits per heavy atom. The van der Waals surface area contributed by atoms with E-state index in [1.54, 1.807) is 12.4 Å². The predicted molar refractivity (Wildman–Crippen MR) is 101 cm³/mol. The summed E-state index contributed by atoms with van der Waals surface area (Å²) in [7, 11) is 0. The number of aryl methyl sites for hydroxylation is 1. The van der Waals surface area contributed by atoms with Crippen LogP contribution in [0.25, 0.3) is 22.5 Å². The van der Waals surface area contributed by atoms with Crippen molar-refractivity contribution in [1.29, 1.82) is 5.26 Å². The fourth-order valence-electron chi connectivity index (χ4n) is 2.90. The molecule has 0 amide bonds. The number of halogens is 2. The normalized spacial score (nSPS) is 10.6. The lowest BCUT2D eigenvalue weighted by molar-refractivity contribution is 0.590. The lowest BCUT2D eigenvalue weighted by Crippen LogP contribution is -1.97. The Kier molecular flexibility index (Phi) is 5.87. The highest BCUT2D eigenvalue weighted by Crippen LogP contribution is 2.30. The lowest BCUT2D eigenvalue weighted by Gasteiger charge is -2.09. The second-order valence-electron chi connectivity index (χ2n) is 6.38. The van der Waals surface area contributed by atoms with Gasteiger partial charge in [-0.15, -0.1) is 0 Å². The summed E-state index contributed by atoms with van der Waals surface area (Å²) >= 11 is 0. The smallest absolute Gasteiger partial charge is 0.159 e. The molecule has 3 rings (SSSR count). The highest BCUT2D eigenvalue weighted by molar-refractivity contribution is 5.69. The Labute approximate surface area is 157 Å². The van der Waals surface area contributed by atoms with Crippen molar-refractivity contribution in [3.8, 4) is 28.6 Å². The molecule has 0 spiro atoms. The van der Waals surface area contributed by atoms with Gasteiger partial charge in [-0.25, -0.2) is 18.7 Å². The molecule has 0 fully saturated rings. The van der Waals surface area contributed by atoms with E-state index in [0.717, 1.165) is 31.2 Å². The zero-order valence-corrected chi connectivity index (χ0v) is 15.0. The van der Waals surface area contributed by atoms with Gasteiger partial charge in [-0.1, -0.05) is 31.9 Å².